The fraction of sp³-hybridized carbons (Fsp3) is 0.300. The Bertz CT molecular complexity index is 1030. The summed E-state index contributed by atoms with van der Waals surface area (Å²) in [6, 6.07) is 12.3. The van der Waals surface area contributed by atoms with Crippen molar-refractivity contribution in [3.8, 4) is 5.75 Å². The zero-order valence-electron chi connectivity index (χ0n) is 14.8. The molecule has 0 aliphatic rings. The van der Waals surface area contributed by atoms with Crippen molar-refractivity contribution in [2.75, 3.05) is 7.11 Å². The van der Waals surface area contributed by atoms with Gasteiger partial charge in [0.2, 0.25) is 0 Å². The number of hydrogen-bond donors (Lipinski definition) is 2. The van der Waals surface area contributed by atoms with Gasteiger partial charge < -0.3 is 14.7 Å². The number of aryl methyl sites for hydroxylation is 2. The minimum absolute atomic E-state index is 0.415. The van der Waals surface area contributed by atoms with Gasteiger partial charge in [-0.25, -0.2) is 9.97 Å². The highest BCUT2D eigenvalue weighted by atomic mass is 16.5. The van der Waals surface area contributed by atoms with Crippen molar-refractivity contribution in [1.82, 2.24) is 19.9 Å². The van der Waals surface area contributed by atoms with Gasteiger partial charge in [-0.05, 0) is 43.0 Å². The maximum absolute atomic E-state index is 5.40. The maximum Gasteiger partial charge on any atom is 0.144 e. The lowest BCUT2D eigenvalue weighted by atomic mass is 9.95. The molecule has 0 bridgehead atoms. The molecule has 1 unspecified atom stereocenters. The van der Waals surface area contributed by atoms with Gasteiger partial charge in [0.25, 0.3) is 0 Å². The van der Waals surface area contributed by atoms with E-state index in [0.717, 1.165) is 52.3 Å². The number of nitrogens with one attached hydrogen (secondary N) is 2. The number of benzene rings is 2. The second-order valence-electron chi connectivity index (χ2n) is 6.54. The summed E-state index contributed by atoms with van der Waals surface area (Å²) >= 11 is 0. The molecule has 0 saturated heterocycles. The average molecular weight is 334 g/mol. The van der Waals surface area contributed by atoms with Gasteiger partial charge in [-0.1, -0.05) is 25.1 Å². The van der Waals surface area contributed by atoms with Crippen LogP contribution in [0.2, 0.25) is 0 Å². The third kappa shape index (κ3) is 2.86. The molecule has 5 nitrogen and oxygen atoms in total. The summed E-state index contributed by atoms with van der Waals surface area (Å²) in [6.07, 6.45) is 1.90. The number of aromatic nitrogens is 4. The first kappa shape index (κ1) is 15.7. The topological polar surface area (TPSA) is 66.6 Å². The van der Waals surface area contributed by atoms with Crippen LogP contribution >= 0.6 is 0 Å². The van der Waals surface area contributed by atoms with Crippen LogP contribution in [0.5, 0.6) is 5.75 Å². The van der Waals surface area contributed by atoms with Crippen molar-refractivity contribution in [3.05, 3.63) is 53.6 Å². The molecule has 0 aliphatic heterocycles. The number of aromatic amines is 2. The van der Waals surface area contributed by atoms with Gasteiger partial charge >= 0.3 is 0 Å². The van der Waals surface area contributed by atoms with Crippen molar-refractivity contribution in [2.24, 2.45) is 0 Å². The summed E-state index contributed by atoms with van der Waals surface area (Å²) in [6.45, 7) is 4.25. The predicted molar refractivity (Wildman–Crippen MR) is 100 cm³/mol. The van der Waals surface area contributed by atoms with Crippen LogP contribution in [0.1, 0.15) is 36.5 Å². The molecule has 0 amide bonds. The van der Waals surface area contributed by atoms with E-state index in [9.17, 15) is 0 Å². The number of ether oxygens (including phenoxy) is 1. The molecule has 5 heteroatoms. The second kappa shape index (κ2) is 6.24. The quantitative estimate of drug-likeness (QED) is 0.565. The number of methoxy groups -OCH3 is 1. The molecule has 0 radical (unpaired) electrons. The average Bonchev–Trinajstić information content (AvgIpc) is 3.20. The van der Waals surface area contributed by atoms with Gasteiger partial charge in [0.1, 0.15) is 22.9 Å². The van der Waals surface area contributed by atoms with Crippen LogP contribution in [0.25, 0.3) is 22.1 Å². The molecule has 0 saturated carbocycles. The summed E-state index contributed by atoms with van der Waals surface area (Å²) in [5, 5.41) is 0. The van der Waals surface area contributed by atoms with E-state index >= 15 is 0 Å². The van der Waals surface area contributed by atoms with E-state index < -0.39 is 0 Å². The first-order chi connectivity index (χ1) is 12.2. The third-order valence-electron chi connectivity index (χ3n) is 4.76. The van der Waals surface area contributed by atoms with Crippen LogP contribution in [0, 0.1) is 6.92 Å². The lowest BCUT2D eigenvalue weighted by Gasteiger charge is -2.11. The van der Waals surface area contributed by atoms with Crippen LogP contribution < -0.4 is 4.74 Å². The smallest absolute Gasteiger partial charge is 0.144 e. The fourth-order valence-electron chi connectivity index (χ4n) is 3.44. The van der Waals surface area contributed by atoms with Crippen molar-refractivity contribution in [3.63, 3.8) is 0 Å². The maximum atomic E-state index is 5.40. The van der Waals surface area contributed by atoms with Crippen LogP contribution in [0.4, 0.5) is 0 Å². The molecule has 2 aromatic carbocycles. The molecule has 25 heavy (non-hydrogen) atoms. The molecular weight excluding hydrogens is 312 g/mol. The van der Waals surface area contributed by atoms with Gasteiger partial charge in [-0.15, -0.1) is 0 Å². The Morgan fingerprint density at radius 2 is 1.76 bits per heavy atom. The highest BCUT2D eigenvalue weighted by molar-refractivity contribution is 5.82. The number of H-pyrrole nitrogens is 2. The van der Waals surface area contributed by atoms with E-state index in [4.69, 9.17) is 9.72 Å². The van der Waals surface area contributed by atoms with Crippen LogP contribution in [0.15, 0.2) is 36.4 Å². The van der Waals surface area contributed by atoms with E-state index in [1.54, 1.807) is 7.11 Å². The summed E-state index contributed by atoms with van der Waals surface area (Å²) < 4.78 is 5.40. The first-order valence-corrected chi connectivity index (χ1v) is 8.62. The van der Waals surface area contributed by atoms with Gasteiger partial charge in [0, 0.05) is 6.42 Å². The van der Waals surface area contributed by atoms with Crippen LogP contribution in [-0.2, 0) is 6.42 Å². The highest BCUT2D eigenvalue weighted by Crippen LogP contribution is 2.28. The number of para-hydroxylation sites is 2. The van der Waals surface area contributed by atoms with Gasteiger partial charge in [-0.3, -0.25) is 0 Å². The minimum Gasteiger partial charge on any atom is -0.494 e. The lowest BCUT2D eigenvalue weighted by molar-refractivity contribution is 0.419. The largest absolute Gasteiger partial charge is 0.494 e. The number of hydrogen-bond acceptors (Lipinski definition) is 3. The van der Waals surface area contributed by atoms with E-state index in [-0.39, 0.29) is 0 Å². The summed E-state index contributed by atoms with van der Waals surface area (Å²) in [5.41, 5.74) is 5.42. The Balaban J connectivity index is 1.56. The van der Waals surface area contributed by atoms with Crippen LogP contribution in [-0.4, -0.2) is 27.0 Å². The predicted octanol–water partition coefficient (Wildman–Crippen LogP) is 4.49. The van der Waals surface area contributed by atoms with Gasteiger partial charge in [-0.2, -0.15) is 0 Å². The van der Waals surface area contributed by atoms with Gasteiger partial charge in [0.05, 0.1) is 23.7 Å². The highest BCUT2D eigenvalue weighted by Gasteiger charge is 2.14. The Hall–Kier alpha value is -2.82. The molecule has 2 aromatic heterocycles. The lowest BCUT2D eigenvalue weighted by Crippen LogP contribution is -1.99. The monoisotopic (exact) mass is 334 g/mol. The Morgan fingerprint density at radius 3 is 2.56 bits per heavy atom. The molecule has 0 fully saturated rings. The molecule has 4 rings (SSSR count). The van der Waals surface area contributed by atoms with Gasteiger partial charge in [0.15, 0.2) is 0 Å². The van der Waals surface area contributed by atoms with Crippen molar-refractivity contribution in [2.45, 2.75) is 32.6 Å². The summed E-state index contributed by atoms with van der Waals surface area (Å²) in [7, 11) is 1.68. The summed E-state index contributed by atoms with van der Waals surface area (Å²) in [4.78, 5) is 16.0. The molecule has 2 heterocycles. The molecule has 4 aromatic rings. The third-order valence-corrected chi connectivity index (χ3v) is 4.76. The minimum atomic E-state index is 0.415. The van der Waals surface area contributed by atoms with E-state index in [2.05, 4.69) is 40.1 Å². The van der Waals surface area contributed by atoms with E-state index in [0.29, 0.717) is 5.92 Å². The zero-order chi connectivity index (χ0) is 17.4. The number of fused-ring (bicyclic) bond motifs is 2. The number of imidazole rings is 2. The fourth-order valence-corrected chi connectivity index (χ4v) is 3.44. The molecule has 1 atom stereocenters. The molecule has 0 aliphatic carbocycles. The second-order valence-corrected chi connectivity index (χ2v) is 6.54. The van der Waals surface area contributed by atoms with Crippen molar-refractivity contribution in [1.29, 1.82) is 0 Å². The molecule has 0 spiro atoms. The standard InChI is InChI=1S/C20H22N4O/c1-12(14-6-4-7-15-19(14)22-13(2)21-15)10-11-18-23-16-8-5-9-17(25-3)20(16)24-18/h4-9,12H,10-11H2,1-3H3,(H,21,22)(H,23,24). The Kier molecular flexibility index (Phi) is 3.92. The molecular formula is C20H22N4O. The number of rotatable bonds is 5. The first-order valence-electron chi connectivity index (χ1n) is 8.62. The van der Waals surface area contributed by atoms with Crippen molar-refractivity contribution >= 4 is 22.1 Å². The normalized spacial score (nSPS) is 12.8. The van der Waals surface area contributed by atoms with E-state index in [1.807, 2.05) is 25.1 Å². The molecule has 128 valence electrons. The van der Waals surface area contributed by atoms with E-state index in [1.165, 1.54) is 5.56 Å². The SMILES string of the molecule is COc1cccc2nc(CCC(C)c3cccc4nc(C)[nH]c34)[nH]c12. The Morgan fingerprint density at radius 1 is 1.00 bits per heavy atom. The Labute approximate surface area is 146 Å². The zero-order valence-corrected chi connectivity index (χ0v) is 14.8. The van der Waals surface area contributed by atoms with Crippen molar-refractivity contribution < 1.29 is 4.74 Å². The van der Waals surface area contributed by atoms with Crippen LogP contribution in [0.3, 0.4) is 0 Å². The summed E-state index contributed by atoms with van der Waals surface area (Å²) in [5.74, 6) is 3.21. The molecule has 2 N–H and O–H groups in total. The number of nitrogens with zero attached hydrogens (tertiary/aromatic N) is 2.